The molecule has 0 amide bonds. The summed E-state index contributed by atoms with van der Waals surface area (Å²) >= 11 is 0. The number of rotatable bonds is 23. The van der Waals surface area contributed by atoms with E-state index in [4.69, 9.17) is 13.8 Å². The smallest absolute Gasteiger partial charge is 0.465 e. The van der Waals surface area contributed by atoms with Gasteiger partial charge in [-0.05, 0) is 12.8 Å². The van der Waals surface area contributed by atoms with Gasteiger partial charge in [-0.1, -0.05) is 58.8 Å². The summed E-state index contributed by atoms with van der Waals surface area (Å²) in [7, 11) is 1.18. The van der Waals surface area contributed by atoms with E-state index in [9.17, 15) is 27.8 Å². The van der Waals surface area contributed by atoms with Crippen LogP contribution in [0.5, 0.6) is 0 Å². The topological polar surface area (TPSA) is 99.1 Å². The van der Waals surface area contributed by atoms with Gasteiger partial charge < -0.3 is 14.1 Å². The first kappa shape index (κ1) is 35.1. The molecular formula is C25H49F2NO7P+. The fourth-order valence-corrected chi connectivity index (χ4v) is 4.10. The minimum Gasteiger partial charge on any atom is -0.465 e. The number of nitrogens with zero attached hydrogens (tertiary/aromatic N) is 1. The molecule has 0 aliphatic carbocycles. The van der Waals surface area contributed by atoms with Crippen molar-refractivity contribution in [2.45, 2.75) is 96.8 Å². The number of phosphoric acid groups is 1. The molecule has 1 N–H and O–H groups in total. The molecule has 214 valence electrons. The Morgan fingerprint density at radius 3 is 2.08 bits per heavy atom. The minimum atomic E-state index is -4.47. The number of esters is 1. The summed E-state index contributed by atoms with van der Waals surface area (Å²) in [4.78, 5) is 34.4. The van der Waals surface area contributed by atoms with Gasteiger partial charge in [-0.3, -0.25) is 18.6 Å². The van der Waals surface area contributed by atoms with Crippen LogP contribution in [0.1, 0.15) is 90.9 Å². The van der Waals surface area contributed by atoms with Gasteiger partial charge in [0.2, 0.25) is 5.78 Å². The molecule has 0 aromatic heterocycles. The average Bonchev–Trinajstić information content (AvgIpc) is 2.77. The lowest BCUT2D eigenvalue weighted by atomic mass is 9.97. The maximum Gasteiger partial charge on any atom is 0.472 e. The number of quaternary nitrogens is 1. The van der Waals surface area contributed by atoms with E-state index in [-0.39, 0.29) is 26.1 Å². The second kappa shape index (κ2) is 18.3. The van der Waals surface area contributed by atoms with Crippen LogP contribution < -0.4 is 0 Å². The van der Waals surface area contributed by atoms with Crippen molar-refractivity contribution >= 4 is 19.6 Å². The lowest BCUT2D eigenvalue weighted by molar-refractivity contribution is -0.870. The van der Waals surface area contributed by atoms with Crippen LogP contribution in [0.3, 0.4) is 0 Å². The number of carbonyl (C=O) groups excluding carboxylic acids is 2. The van der Waals surface area contributed by atoms with E-state index in [0.29, 0.717) is 23.9 Å². The lowest BCUT2D eigenvalue weighted by Gasteiger charge is -2.24. The van der Waals surface area contributed by atoms with E-state index in [0.717, 1.165) is 38.5 Å². The van der Waals surface area contributed by atoms with Crippen LogP contribution in [0.15, 0.2) is 0 Å². The summed E-state index contributed by atoms with van der Waals surface area (Å²) in [6, 6.07) is 0. The molecule has 0 bridgehead atoms. The standard InChI is InChI=1S/C25H48F2NO7P/c1-6-8-10-12-13-15-24(30)33-20-22(19-23(29)25(26,27)16-14-11-9-7-2)21-35-36(31,32)34-18-17-28(3,4)5/h22H,6-21H2,1-5H3/p+1. The quantitative estimate of drug-likeness (QED) is 0.0739. The fraction of sp³-hybridized carbons (Fsp3) is 0.920. The molecule has 0 saturated carbocycles. The Morgan fingerprint density at radius 2 is 1.50 bits per heavy atom. The number of ketones is 1. The maximum absolute atomic E-state index is 14.4. The van der Waals surface area contributed by atoms with Gasteiger partial charge in [0.05, 0.1) is 34.4 Å². The Balaban J connectivity index is 4.95. The van der Waals surface area contributed by atoms with E-state index < -0.39 is 50.9 Å². The Morgan fingerprint density at radius 1 is 0.917 bits per heavy atom. The highest BCUT2D eigenvalue weighted by Crippen LogP contribution is 2.43. The van der Waals surface area contributed by atoms with Crippen molar-refractivity contribution in [3.05, 3.63) is 0 Å². The summed E-state index contributed by atoms with van der Waals surface area (Å²) in [5.74, 6) is -6.30. The number of carbonyl (C=O) groups is 2. The highest BCUT2D eigenvalue weighted by molar-refractivity contribution is 7.47. The second-order valence-corrected chi connectivity index (χ2v) is 11.9. The van der Waals surface area contributed by atoms with Gasteiger partial charge in [-0.25, -0.2) is 4.57 Å². The van der Waals surface area contributed by atoms with Crippen molar-refractivity contribution in [3.8, 4) is 0 Å². The molecule has 0 saturated heterocycles. The van der Waals surface area contributed by atoms with Gasteiger partial charge in [0.15, 0.2) is 0 Å². The molecule has 0 aromatic carbocycles. The van der Waals surface area contributed by atoms with E-state index in [1.165, 1.54) is 0 Å². The van der Waals surface area contributed by atoms with Crippen LogP contribution in [0.2, 0.25) is 0 Å². The summed E-state index contributed by atoms with van der Waals surface area (Å²) in [5, 5.41) is 0. The Labute approximate surface area is 216 Å². The number of ether oxygens (including phenoxy) is 1. The van der Waals surface area contributed by atoms with E-state index in [2.05, 4.69) is 6.92 Å². The number of alkyl halides is 2. The van der Waals surface area contributed by atoms with Crippen molar-refractivity contribution in [2.75, 3.05) is 47.5 Å². The van der Waals surface area contributed by atoms with Gasteiger partial charge in [0, 0.05) is 25.2 Å². The molecule has 0 fully saturated rings. The van der Waals surface area contributed by atoms with Crippen LogP contribution in [0.4, 0.5) is 8.78 Å². The molecule has 0 aliphatic rings. The number of likely N-dealkylation sites (N-methyl/N-ethyl adjacent to an activating group) is 1. The first-order valence-electron chi connectivity index (χ1n) is 13.2. The minimum absolute atomic E-state index is 0.0519. The molecule has 0 spiro atoms. The second-order valence-electron chi connectivity index (χ2n) is 10.5. The lowest BCUT2D eigenvalue weighted by Crippen LogP contribution is -2.37. The molecular weight excluding hydrogens is 495 g/mol. The fourth-order valence-electron chi connectivity index (χ4n) is 3.31. The number of hydrogen-bond acceptors (Lipinski definition) is 6. The van der Waals surface area contributed by atoms with Gasteiger partial charge >= 0.3 is 19.7 Å². The average molecular weight is 545 g/mol. The van der Waals surface area contributed by atoms with Gasteiger partial charge in [-0.15, -0.1) is 0 Å². The molecule has 2 atom stereocenters. The molecule has 8 nitrogen and oxygen atoms in total. The zero-order chi connectivity index (χ0) is 27.7. The molecule has 0 rings (SSSR count). The van der Waals surface area contributed by atoms with E-state index >= 15 is 0 Å². The molecule has 0 radical (unpaired) electrons. The molecule has 36 heavy (non-hydrogen) atoms. The summed E-state index contributed by atoms with van der Waals surface area (Å²) in [6.45, 7) is 3.56. The molecule has 11 heteroatoms. The third-order valence-electron chi connectivity index (χ3n) is 5.68. The van der Waals surface area contributed by atoms with Crippen LogP contribution in [-0.4, -0.2) is 74.6 Å². The third kappa shape index (κ3) is 19.2. The number of halogens is 2. The Kier molecular flexibility index (Phi) is 17.9. The van der Waals surface area contributed by atoms with Crippen LogP contribution in [0, 0.1) is 5.92 Å². The Hall–Kier alpha value is -0.930. The predicted octanol–water partition coefficient (Wildman–Crippen LogP) is 5.91. The van der Waals surface area contributed by atoms with Crippen LogP contribution in [0.25, 0.3) is 0 Å². The van der Waals surface area contributed by atoms with Gasteiger partial charge in [0.1, 0.15) is 13.2 Å². The largest absolute Gasteiger partial charge is 0.472 e. The molecule has 0 aromatic rings. The van der Waals surface area contributed by atoms with Crippen molar-refractivity contribution in [2.24, 2.45) is 5.92 Å². The summed E-state index contributed by atoms with van der Waals surface area (Å²) < 4.78 is 56.6. The first-order chi connectivity index (χ1) is 16.7. The monoisotopic (exact) mass is 544 g/mol. The van der Waals surface area contributed by atoms with Crippen LogP contribution >= 0.6 is 7.82 Å². The van der Waals surface area contributed by atoms with Crippen molar-refractivity contribution < 1.29 is 46.1 Å². The molecule has 0 aliphatic heterocycles. The highest BCUT2D eigenvalue weighted by atomic mass is 31.2. The Bertz CT molecular complexity index is 671. The van der Waals surface area contributed by atoms with E-state index in [1.54, 1.807) is 0 Å². The zero-order valence-corrected chi connectivity index (χ0v) is 23.8. The van der Waals surface area contributed by atoms with Gasteiger partial charge in [0.25, 0.3) is 0 Å². The first-order valence-corrected chi connectivity index (χ1v) is 14.7. The number of Topliss-reactive ketones (excluding diaryl/α,β-unsaturated/α-hetero) is 1. The molecule has 0 heterocycles. The van der Waals surface area contributed by atoms with Crippen LogP contribution in [-0.2, 0) is 27.9 Å². The van der Waals surface area contributed by atoms with Crippen molar-refractivity contribution in [1.29, 1.82) is 0 Å². The zero-order valence-electron chi connectivity index (χ0n) is 22.9. The summed E-state index contributed by atoms with van der Waals surface area (Å²) in [6.07, 6.45) is 6.26. The number of phosphoric ester groups is 1. The van der Waals surface area contributed by atoms with Gasteiger partial charge in [-0.2, -0.15) is 8.78 Å². The summed E-state index contributed by atoms with van der Waals surface area (Å²) in [5.41, 5.74) is 0. The number of unbranched alkanes of at least 4 members (excludes halogenated alkanes) is 7. The molecule has 2 unspecified atom stereocenters. The maximum atomic E-state index is 14.4. The predicted molar refractivity (Wildman–Crippen MR) is 136 cm³/mol. The number of hydrogen-bond donors (Lipinski definition) is 1. The van der Waals surface area contributed by atoms with Crippen molar-refractivity contribution in [3.63, 3.8) is 0 Å². The third-order valence-corrected chi connectivity index (χ3v) is 6.66. The van der Waals surface area contributed by atoms with E-state index in [1.807, 2.05) is 28.1 Å². The van der Waals surface area contributed by atoms with Crippen molar-refractivity contribution in [1.82, 2.24) is 0 Å². The highest BCUT2D eigenvalue weighted by Gasteiger charge is 2.39. The normalized spacial score (nSPS) is 14.9. The SMILES string of the molecule is CCCCCCCC(=O)OCC(COP(=O)(O)OCC[N+](C)(C)C)CC(=O)C(F)(F)CCCCCC.